The molecule has 40 valence electrons. The van der Waals surface area contributed by atoms with E-state index in [1.165, 1.54) is 0 Å². The molecule has 6 heteroatoms. The molecular weight excluding hydrogens is 214 g/mol. The van der Waals surface area contributed by atoms with Gasteiger partial charge in [-0.3, -0.25) is 0 Å². The van der Waals surface area contributed by atoms with Crippen molar-refractivity contribution in [2.24, 2.45) is 0 Å². The van der Waals surface area contributed by atoms with Crippen LogP contribution in [0.1, 0.15) is 0 Å². The summed E-state index contributed by atoms with van der Waals surface area (Å²) >= 11 is 0. The van der Waals surface area contributed by atoms with Crippen molar-refractivity contribution < 1.29 is 19.2 Å². The number of hydrogen-bond acceptors (Lipinski definition) is 1. The van der Waals surface area contributed by atoms with Gasteiger partial charge in [-0.1, -0.05) is 0 Å². The van der Waals surface area contributed by atoms with Crippen LogP contribution in [0.4, 0.5) is 0 Å². The zero-order valence-electron chi connectivity index (χ0n) is 2.20. The molecule has 0 aliphatic rings. The number of rotatable bonds is 0. The van der Waals surface area contributed by atoms with Gasteiger partial charge in [0.1, 0.15) is 0 Å². The van der Waals surface area contributed by atoms with Crippen molar-refractivity contribution in [3.63, 3.8) is 0 Å². The monoisotopic (exact) mass is 222 g/mol. The quantitative estimate of drug-likeness (QED) is 0.315. The van der Waals surface area contributed by atoms with Crippen LogP contribution in [0, 0.1) is 0 Å². The van der Waals surface area contributed by atoms with Crippen LogP contribution in [0.25, 0.3) is 0 Å². The molecule has 0 heterocycles. The van der Waals surface area contributed by atoms with Crippen LogP contribution < -0.4 is 0 Å². The number of hydrogen-bond donors (Lipinski definition) is 3. The van der Waals surface area contributed by atoms with Gasteiger partial charge in [0.2, 0.25) is 0 Å². The molecule has 0 aromatic carbocycles. The standard InChI is InChI=1S/H3O4P.Sn.4H/c1-5(2,3)4;;;;;/h(H3,1,2,3,4);;;;;. The summed E-state index contributed by atoms with van der Waals surface area (Å²) < 4.78 is 8.88. The zero-order chi connectivity index (χ0) is 4.50. The molecule has 0 saturated heterocycles. The predicted molar refractivity (Wildman–Crippen MR) is 25.6 cm³/mol. The summed E-state index contributed by atoms with van der Waals surface area (Å²) in [6.45, 7) is 0. The third-order valence-electron chi connectivity index (χ3n) is 0. The van der Waals surface area contributed by atoms with Crippen molar-refractivity contribution >= 4 is 31.7 Å². The SMILES string of the molecule is O=P(O)(O)O.[SnH4]. The van der Waals surface area contributed by atoms with Crippen LogP contribution in [0.3, 0.4) is 0 Å². The van der Waals surface area contributed by atoms with Gasteiger partial charge in [0.15, 0.2) is 0 Å². The first kappa shape index (κ1) is 10.0. The van der Waals surface area contributed by atoms with E-state index in [-0.39, 0.29) is 23.9 Å². The molecule has 0 atom stereocenters. The Hall–Kier alpha value is 0.909. The van der Waals surface area contributed by atoms with Gasteiger partial charge in [-0.2, -0.15) is 0 Å². The fraction of sp³-hybridized carbons (Fsp3) is 0. The molecule has 0 aromatic heterocycles. The van der Waals surface area contributed by atoms with Crippen LogP contribution in [-0.4, -0.2) is 38.6 Å². The molecule has 0 unspecified atom stereocenters. The fourth-order valence-corrected chi connectivity index (χ4v) is 0. The Morgan fingerprint density at radius 3 is 1.17 bits per heavy atom. The Morgan fingerprint density at radius 2 is 1.17 bits per heavy atom. The second kappa shape index (κ2) is 2.98. The summed E-state index contributed by atoms with van der Waals surface area (Å²) in [5, 5.41) is 0. The minimum atomic E-state index is -4.64. The molecule has 0 radical (unpaired) electrons. The molecule has 0 amide bonds. The van der Waals surface area contributed by atoms with Gasteiger partial charge in [-0.05, 0) is 0 Å². The second-order valence-corrected chi connectivity index (χ2v) is 1.54. The normalized spacial score (nSPS) is 9.83. The van der Waals surface area contributed by atoms with Gasteiger partial charge >= 0.3 is 31.7 Å². The van der Waals surface area contributed by atoms with Crippen LogP contribution in [0.2, 0.25) is 0 Å². The molecule has 0 spiro atoms. The zero-order valence-corrected chi connectivity index (χ0v) is 3.09. The third kappa shape index (κ3) is 90.8. The van der Waals surface area contributed by atoms with Gasteiger partial charge in [0, 0.05) is 0 Å². The number of phosphoric acid groups is 1. The van der Waals surface area contributed by atoms with Crippen molar-refractivity contribution in [2.45, 2.75) is 0 Å². The van der Waals surface area contributed by atoms with E-state index < -0.39 is 7.82 Å². The van der Waals surface area contributed by atoms with E-state index in [9.17, 15) is 0 Å². The van der Waals surface area contributed by atoms with Gasteiger partial charge in [-0.15, -0.1) is 0 Å². The molecule has 0 aliphatic heterocycles. The van der Waals surface area contributed by atoms with E-state index in [4.69, 9.17) is 19.2 Å². The van der Waals surface area contributed by atoms with Crippen molar-refractivity contribution in [3.8, 4) is 0 Å². The average molecular weight is 221 g/mol. The summed E-state index contributed by atoms with van der Waals surface area (Å²) in [4.78, 5) is 21.6. The van der Waals surface area contributed by atoms with Gasteiger partial charge in [0.25, 0.3) is 0 Å². The van der Waals surface area contributed by atoms with Crippen LogP contribution in [0.15, 0.2) is 0 Å². The van der Waals surface area contributed by atoms with E-state index in [1.54, 1.807) is 0 Å². The molecule has 3 N–H and O–H groups in total. The van der Waals surface area contributed by atoms with Crippen molar-refractivity contribution in [1.29, 1.82) is 0 Å². The van der Waals surface area contributed by atoms with E-state index in [0.29, 0.717) is 0 Å². The molecule has 0 aromatic rings. The molecule has 6 heavy (non-hydrogen) atoms. The Morgan fingerprint density at radius 1 is 1.17 bits per heavy atom. The minimum absolute atomic E-state index is 0. The van der Waals surface area contributed by atoms with Gasteiger partial charge in [0.05, 0.1) is 0 Å². The molecule has 0 fully saturated rings. The first-order valence-electron chi connectivity index (χ1n) is 0.783. The van der Waals surface area contributed by atoms with E-state index in [0.717, 1.165) is 0 Å². The Labute approximate surface area is 51.4 Å². The summed E-state index contributed by atoms with van der Waals surface area (Å²) in [5.41, 5.74) is 0. The van der Waals surface area contributed by atoms with Crippen molar-refractivity contribution in [3.05, 3.63) is 0 Å². The molecule has 0 rings (SSSR count). The van der Waals surface area contributed by atoms with Crippen LogP contribution >= 0.6 is 7.82 Å². The molecule has 0 bridgehead atoms. The molecule has 4 nitrogen and oxygen atoms in total. The van der Waals surface area contributed by atoms with Gasteiger partial charge < -0.3 is 14.7 Å². The van der Waals surface area contributed by atoms with E-state index in [1.807, 2.05) is 0 Å². The van der Waals surface area contributed by atoms with Crippen molar-refractivity contribution in [2.75, 3.05) is 0 Å². The van der Waals surface area contributed by atoms with E-state index in [2.05, 4.69) is 0 Å². The van der Waals surface area contributed by atoms with Crippen LogP contribution in [0.5, 0.6) is 0 Å². The Balaban J connectivity index is 0. The topological polar surface area (TPSA) is 77.8 Å². The molecule has 0 aliphatic carbocycles. The summed E-state index contributed by atoms with van der Waals surface area (Å²) in [7, 11) is -4.64. The summed E-state index contributed by atoms with van der Waals surface area (Å²) in [6, 6.07) is 0. The first-order valence-corrected chi connectivity index (χ1v) is 2.35. The van der Waals surface area contributed by atoms with Crippen LogP contribution in [-0.2, 0) is 4.57 Å². The Kier molecular flexibility index (Phi) is 4.98. The molecule has 0 saturated carbocycles. The maximum atomic E-state index is 8.88. The third-order valence-corrected chi connectivity index (χ3v) is 0. The summed E-state index contributed by atoms with van der Waals surface area (Å²) in [5.74, 6) is 0. The van der Waals surface area contributed by atoms with Gasteiger partial charge in [-0.25, -0.2) is 4.57 Å². The fourth-order valence-electron chi connectivity index (χ4n) is 0. The Bertz CT molecular complexity index is 53.7. The molecular formula is H7O4PSn. The predicted octanol–water partition coefficient (Wildman–Crippen LogP) is -2.38. The van der Waals surface area contributed by atoms with Crippen molar-refractivity contribution in [1.82, 2.24) is 0 Å². The second-order valence-electron chi connectivity index (χ2n) is 0.513. The average Bonchev–Trinajstić information content (AvgIpc) is 0.722. The maximum absolute atomic E-state index is 8.88. The summed E-state index contributed by atoms with van der Waals surface area (Å²) in [6.07, 6.45) is 0. The van der Waals surface area contributed by atoms with E-state index >= 15 is 0 Å². The first-order chi connectivity index (χ1) is 2.00.